The van der Waals surface area contributed by atoms with Crippen molar-refractivity contribution < 1.29 is 9.18 Å². The molecule has 1 amide bonds. The summed E-state index contributed by atoms with van der Waals surface area (Å²) in [6, 6.07) is 8.04. The standard InChI is InChI=1S/C16H11FN4O/c17-14-4-2-1-3-13(14)11-7-12(9-19-8-11)21-16(22)15-10-18-5-6-20-15/h1-10H,(H,21,22). The Kier molecular flexibility index (Phi) is 3.82. The summed E-state index contributed by atoms with van der Waals surface area (Å²) in [5.41, 5.74) is 1.65. The number of carbonyl (C=O) groups excluding carboxylic acids is 1. The second kappa shape index (κ2) is 6.09. The van der Waals surface area contributed by atoms with Crippen molar-refractivity contribution >= 4 is 11.6 Å². The van der Waals surface area contributed by atoms with Crippen LogP contribution in [0, 0.1) is 5.82 Å². The molecule has 0 atom stereocenters. The molecule has 22 heavy (non-hydrogen) atoms. The van der Waals surface area contributed by atoms with E-state index in [9.17, 15) is 9.18 Å². The maximum absolute atomic E-state index is 13.8. The molecule has 0 saturated heterocycles. The van der Waals surface area contributed by atoms with E-state index in [0.29, 0.717) is 16.8 Å². The van der Waals surface area contributed by atoms with Crippen LogP contribution in [0.25, 0.3) is 11.1 Å². The van der Waals surface area contributed by atoms with E-state index in [1.807, 2.05) is 0 Å². The van der Waals surface area contributed by atoms with Gasteiger partial charge in [0, 0.05) is 29.7 Å². The Morgan fingerprint density at radius 1 is 1.05 bits per heavy atom. The van der Waals surface area contributed by atoms with Gasteiger partial charge in [0.1, 0.15) is 11.5 Å². The Bertz CT molecular complexity index is 808. The fourth-order valence-electron chi connectivity index (χ4n) is 1.96. The van der Waals surface area contributed by atoms with Crippen molar-refractivity contribution in [1.82, 2.24) is 15.0 Å². The van der Waals surface area contributed by atoms with E-state index in [0.717, 1.165) is 0 Å². The Morgan fingerprint density at radius 3 is 2.68 bits per heavy atom. The zero-order chi connectivity index (χ0) is 15.4. The van der Waals surface area contributed by atoms with Gasteiger partial charge in [-0.3, -0.25) is 14.8 Å². The summed E-state index contributed by atoms with van der Waals surface area (Å²) in [6.07, 6.45) is 7.30. The van der Waals surface area contributed by atoms with Crippen molar-refractivity contribution in [2.45, 2.75) is 0 Å². The lowest BCUT2D eigenvalue weighted by molar-refractivity contribution is 0.102. The smallest absolute Gasteiger partial charge is 0.275 e. The summed E-state index contributed by atoms with van der Waals surface area (Å²) in [5.74, 6) is -0.748. The first-order chi connectivity index (χ1) is 10.7. The molecule has 2 heterocycles. The SMILES string of the molecule is O=C(Nc1cncc(-c2ccccc2F)c1)c1cnccn1. The van der Waals surface area contributed by atoms with Gasteiger partial charge in [-0.1, -0.05) is 18.2 Å². The minimum Gasteiger partial charge on any atom is -0.319 e. The highest BCUT2D eigenvalue weighted by Gasteiger charge is 2.09. The number of nitrogens with zero attached hydrogens (tertiary/aromatic N) is 3. The van der Waals surface area contributed by atoms with E-state index in [1.165, 1.54) is 37.1 Å². The number of hydrogen-bond acceptors (Lipinski definition) is 4. The number of nitrogens with one attached hydrogen (secondary N) is 1. The number of anilines is 1. The van der Waals surface area contributed by atoms with Gasteiger partial charge in [0.2, 0.25) is 0 Å². The molecule has 5 nitrogen and oxygen atoms in total. The molecule has 0 aliphatic heterocycles. The minimum absolute atomic E-state index is 0.193. The molecular weight excluding hydrogens is 283 g/mol. The number of hydrogen-bond donors (Lipinski definition) is 1. The summed E-state index contributed by atoms with van der Waals surface area (Å²) in [4.78, 5) is 23.8. The van der Waals surface area contributed by atoms with Gasteiger partial charge in [0.25, 0.3) is 5.91 Å². The third-order valence-electron chi connectivity index (χ3n) is 2.98. The van der Waals surface area contributed by atoms with Gasteiger partial charge in [-0.15, -0.1) is 0 Å². The third kappa shape index (κ3) is 2.95. The molecule has 3 rings (SSSR count). The van der Waals surface area contributed by atoms with Crippen LogP contribution in [0.2, 0.25) is 0 Å². The molecule has 0 aliphatic carbocycles. The van der Waals surface area contributed by atoms with Gasteiger partial charge < -0.3 is 5.32 Å². The van der Waals surface area contributed by atoms with Gasteiger partial charge in [-0.25, -0.2) is 9.37 Å². The largest absolute Gasteiger partial charge is 0.319 e. The maximum atomic E-state index is 13.8. The molecule has 0 saturated carbocycles. The normalized spacial score (nSPS) is 10.2. The maximum Gasteiger partial charge on any atom is 0.275 e. The number of pyridine rings is 1. The predicted octanol–water partition coefficient (Wildman–Crippen LogP) is 2.93. The molecule has 108 valence electrons. The first kappa shape index (κ1) is 13.8. The lowest BCUT2D eigenvalue weighted by atomic mass is 10.1. The summed E-state index contributed by atoms with van der Waals surface area (Å²) in [6.45, 7) is 0. The Labute approximate surface area is 125 Å². The monoisotopic (exact) mass is 294 g/mol. The molecule has 0 spiro atoms. The van der Waals surface area contributed by atoms with Crippen molar-refractivity contribution in [2.75, 3.05) is 5.32 Å². The van der Waals surface area contributed by atoms with Crippen LogP contribution < -0.4 is 5.32 Å². The fraction of sp³-hybridized carbons (Fsp3) is 0. The molecule has 0 unspecified atom stereocenters. The summed E-state index contributed by atoms with van der Waals surface area (Å²) < 4.78 is 13.8. The second-order valence-electron chi connectivity index (χ2n) is 4.49. The summed E-state index contributed by atoms with van der Waals surface area (Å²) in [7, 11) is 0. The molecule has 0 radical (unpaired) electrons. The van der Waals surface area contributed by atoms with Gasteiger partial charge >= 0.3 is 0 Å². The highest BCUT2D eigenvalue weighted by Crippen LogP contribution is 2.24. The quantitative estimate of drug-likeness (QED) is 0.806. The van der Waals surface area contributed by atoms with Crippen LogP contribution in [0.1, 0.15) is 10.5 Å². The summed E-state index contributed by atoms with van der Waals surface area (Å²) in [5, 5.41) is 2.66. The van der Waals surface area contributed by atoms with E-state index in [1.54, 1.807) is 24.3 Å². The predicted molar refractivity (Wildman–Crippen MR) is 79.6 cm³/mol. The number of halogens is 1. The van der Waals surface area contributed by atoms with Crippen molar-refractivity contribution in [3.63, 3.8) is 0 Å². The molecule has 3 aromatic rings. The number of rotatable bonds is 3. The highest BCUT2D eigenvalue weighted by atomic mass is 19.1. The van der Waals surface area contributed by atoms with Crippen LogP contribution in [-0.2, 0) is 0 Å². The zero-order valence-corrected chi connectivity index (χ0v) is 11.4. The van der Waals surface area contributed by atoms with Gasteiger partial charge in [0.05, 0.1) is 18.1 Å². The van der Waals surface area contributed by atoms with Gasteiger partial charge in [0.15, 0.2) is 0 Å². The molecule has 1 aromatic carbocycles. The number of carbonyl (C=O) groups is 1. The van der Waals surface area contributed by atoms with Crippen LogP contribution in [0.3, 0.4) is 0 Å². The number of amides is 1. The Balaban J connectivity index is 1.86. The average Bonchev–Trinajstić information content (AvgIpc) is 2.56. The van der Waals surface area contributed by atoms with Crippen molar-refractivity contribution in [3.05, 3.63) is 72.8 Å². The topological polar surface area (TPSA) is 67.8 Å². The lowest BCUT2D eigenvalue weighted by Crippen LogP contribution is -2.13. The van der Waals surface area contributed by atoms with Crippen LogP contribution in [0.5, 0.6) is 0 Å². The van der Waals surface area contributed by atoms with Crippen molar-refractivity contribution in [1.29, 1.82) is 0 Å². The third-order valence-corrected chi connectivity index (χ3v) is 2.98. The van der Waals surface area contributed by atoms with Gasteiger partial charge in [-0.2, -0.15) is 0 Å². The van der Waals surface area contributed by atoms with Crippen LogP contribution >= 0.6 is 0 Å². The first-order valence-electron chi connectivity index (χ1n) is 6.51. The first-order valence-corrected chi connectivity index (χ1v) is 6.51. The minimum atomic E-state index is -0.402. The Morgan fingerprint density at radius 2 is 1.91 bits per heavy atom. The van der Waals surface area contributed by atoms with E-state index in [4.69, 9.17) is 0 Å². The average molecular weight is 294 g/mol. The molecule has 2 aromatic heterocycles. The molecule has 0 fully saturated rings. The van der Waals surface area contributed by atoms with Crippen LogP contribution in [0.4, 0.5) is 10.1 Å². The Hall–Kier alpha value is -3.15. The van der Waals surface area contributed by atoms with Crippen LogP contribution in [-0.4, -0.2) is 20.9 Å². The van der Waals surface area contributed by atoms with Crippen LogP contribution in [0.15, 0.2) is 61.3 Å². The molecule has 0 aliphatic rings. The fourth-order valence-corrected chi connectivity index (χ4v) is 1.96. The van der Waals surface area contributed by atoms with Crippen molar-refractivity contribution in [2.24, 2.45) is 0 Å². The molecule has 0 bridgehead atoms. The zero-order valence-electron chi connectivity index (χ0n) is 11.4. The highest BCUT2D eigenvalue weighted by molar-refractivity contribution is 6.02. The van der Waals surface area contributed by atoms with Crippen molar-refractivity contribution in [3.8, 4) is 11.1 Å². The number of benzene rings is 1. The molecular formula is C16H11FN4O. The van der Waals surface area contributed by atoms with E-state index >= 15 is 0 Å². The van der Waals surface area contributed by atoms with E-state index in [-0.39, 0.29) is 11.5 Å². The molecule has 1 N–H and O–H groups in total. The van der Waals surface area contributed by atoms with E-state index < -0.39 is 5.91 Å². The van der Waals surface area contributed by atoms with E-state index in [2.05, 4.69) is 20.3 Å². The summed E-state index contributed by atoms with van der Waals surface area (Å²) >= 11 is 0. The number of aromatic nitrogens is 3. The molecule has 6 heteroatoms. The second-order valence-corrected chi connectivity index (χ2v) is 4.49. The lowest BCUT2D eigenvalue weighted by Gasteiger charge is -2.07. The van der Waals surface area contributed by atoms with Gasteiger partial charge in [-0.05, 0) is 12.1 Å².